The fourth-order valence-electron chi connectivity index (χ4n) is 4.74. The average molecular weight is 463 g/mol. The molecule has 3 aromatic rings. The van der Waals surface area contributed by atoms with Crippen molar-refractivity contribution in [2.45, 2.75) is 12.5 Å². The molecule has 0 radical (unpaired) electrons. The van der Waals surface area contributed by atoms with Gasteiger partial charge in [0.1, 0.15) is 6.04 Å². The first-order chi connectivity index (χ1) is 16.7. The minimum atomic E-state index is -0.652. The lowest BCUT2D eigenvalue weighted by Gasteiger charge is -2.28. The first-order valence-electron chi connectivity index (χ1n) is 11.5. The van der Waals surface area contributed by atoms with Crippen molar-refractivity contribution in [3.05, 3.63) is 42.5 Å². The molecular weight excluding hydrogens is 438 g/mol. The fourth-order valence-corrected chi connectivity index (χ4v) is 4.74. The monoisotopic (exact) mass is 463 g/mol. The summed E-state index contributed by atoms with van der Waals surface area (Å²) >= 11 is 0. The van der Waals surface area contributed by atoms with Crippen molar-refractivity contribution in [1.82, 2.24) is 14.5 Å². The highest BCUT2D eigenvalue weighted by Gasteiger charge is 2.41. The number of rotatable bonds is 6. The molecule has 1 atom stereocenters. The van der Waals surface area contributed by atoms with Crippen LogP contribution in [0.5, 0.6) is 11.5 Å². The lowest BCUT2D eigenvalue weighted by atomic mass is 10.1. The van der Waals surface area contributed by atoms with Gasteiger partial charge in [-0.1, -0.05) is 12.1 Å². The number of anilines is 2. The number of morpholine rings is 1. The number of benzene rings is 2. The smallest absolute Gasteiger partial charge is 0.253 e. The first kappa shape index (κ1) is 20.9. The van der Waals surface area contributed by atoms with E-state index in [0.29, 0.717) is 42.9 Å². The summed E-state index contributed by atoms with van der Waals surface area (Å²) in [5, 5.41) is 2.89. The van der Waals surface area contributed by atoms with Gasteiger partial charge >= 0.3 is 0 Å². The molecule has 4 heterocycles. The second-order valence-corrected chi connectivity index (χ2v) is 8.55. The molecule has 0 unspecified atom stereocenters. The third-order valence-corrected chi connectivity index (χ3v) is 6.46. The molecular formula is C24H25N5O5. The van der Waals surface area contributed by atoms with Crippen LogP contribution in [0.25, 0.3) is 11.0 Å². The summed E-state index contributed by atoms with van der Waals surface area (Å²) in [6.07, 6.45) is 0.00861. The Labute approximate surface area is 196 Å². The van der Waals surface area contributed by atoms with Gasteiger partial charge in [0.15, 0.2) is 11.5 Å². The maximum atomic E-state index is 13.5. The van der Waals surface area contributed by atoms with Crippen molar-refractivity contribution < 1.29 is 23.8 Å². The Bertz CT molecular complexity index is 1250. The third-order valence-electron chi connectivity index (χ3n) is 6.46. The topological polar surface area (TPSA) is 98.2 Å². The molecule has 3 aliphatic heterocycles. The molecule has 0 bridgehead atoms. The lowest BCUT2D eigenvalue weighted by Crippen LogP contribution is -2.42. The number of amides is 2. The molecule has 10 nitrogen and oxygen atoms in total. The molecule has 176 valence electrons. The number of nitrogens with zero attached hydrogens (tertiary/aromatic N) is 4. The Balaban J connectivity index is 1.23. The van der Waals surface area contributed by atoms with Crippen LogP contribution < -0.4 is 19.7 Å². The largest absolute Gasteiger partial charge is 0.454 e. The van der Waals surface area contributed by atoms with Gasteiger partial charge in [-0.05, 0) is 24.3 Å². The minimum Gasteiger partial charge on any atom is -0.454 e. The van der Waals surface area contributed by atoms with Crippen LogP contribution in [0.4, 0.5) is 11.6 Å². The van der Waals surface area contributed by atoms with Crippen LogP contribution in [0.1, 0.15) is 12.5 Å². The second kappa shape index (κ2) is 8.62. The van der Waals surface area contributed by atoms with Crippen LogP contribution >= 0.6 is 0 Å². The van der Waals surface area contributed by atoms with Crippen molar-refractivity contribution in [3.63, 3.8) is 0 Å². The summed E-state index contributed by atoms with van der Waals surface area (Å²) in [4.78, 5) is 35.2. The summed E-state index contributed by atoms with van der Waals surface area (Å²) in [6.45, 7) is 4.51. The number of ether oxygens (including phenoxy) is 3. The predicted molar refractivity (Wildman–Crippen MR) is 124 cm³/mol. The second-order valence-electron chi connectivity index (χ2n) is 8.55. The highest BCUT2D eigenvalue weighted by molar-refractivity contribution is 6.05. The van der Waals surface area contributed by atoms with Crippen LogP contribution in [0, 0.1) is 0 Å². The maximum absolute atomic E-state index is 13.5. The molecule has 1 aromatic heterocycles. The number of hydrogen-bond acceptors (Lipinski definition) is 7. The Morgan fingerprint density at radius 1 is 1.06 bits per heavy atom. The number of imidazole rings is 1. The number of para-hydroxylation sites is 2. The summed E-state index contributed by atoms with van der Waals surface area (Å²) in [7, 11) is 0. The highest BCUT2D eigenvalue weighted by atomic mass is 16.7. The Kier molecular flexibility index (Phi) is 5.31. The zero-order valence-corrected chi connectivity index (χ0v) is 18.6. The predicted octanol–water partition coefficient (Wildman–Crippen LogP) is 2.01. The number of nitrogens with one attached hydrogen (secondary N) is 1. The fraction of sp³-hybridized carbons (Fsp3) is 0.375. The lowest BCUT2D eigenvalue weighted by molar-refractivity contribution is -0.124. The van der Waals surface area contributed by atoms with Crippen LogP contribution in [0.2, 0.25) is 0 Å². The van der Waals surface area contributed by atoms with Gasteiger partial charge in [-0.3, -0.25) is 24.0 Å². The molecule has 0 saturated carbocycles. The average Bonchev–Trinajstić information content (AvgIpc) is 3.53. The van der Waals surface area contributed by atoms with Crippen LogP contribution in [-0.4, -0.2) is 72.5 Å². The standard InChI is InChI=1S/C24H25N5O5/c30-22(25-16-5-6-20-21(13-16)34-15-33-20)14-19-23(31)28(8-7-27-9-11-32-12-10-27)24-26-17-3-1-2-4-18(17)29(19)24/h1-6,13,19H,7-12,14-15H2,(H,25,30)/t19-/m1/s1. The number of aromatic nitrogens is 2. The van der Waals surface area contributed by atoms with Crippen LogP contribution in [-0.2, 0) is 14.3 Å². The van der Waals surface area contributed by atoms with Crippen molar-refractivity contribution in [3.8, 4) is 11.5 Å². The van der Waals surface area contributed by atoms with Gasteiger partial charge in [-0.2, -0.15) is 0 Å². The molecule has 0 aliphatic carbocycles. The van der Waals surface area contributed by atoms with E-state index in [4.69, 9.17) is 19.2 Å². The summed E-state index contributed by atoms with van der Waals surface area (Å²) in [5.74, 6) is 1.47. The van der Waals surface area contributed by atoms with Crippen molar-refractivity contribution >= 4 is 34.5 Å². The summed E-state index contributed by atoms with van der Waals surface area (Å²) < 4.78 is 18.0. The number of hydrogen-bond donors (Lipinski definition) is 1. The van der Waals surface area contributed by atoms with E-state index in [2.05, 4.69) is 10.2 Å². The molecule has 34 heavy (non-hydrogen) atoms. The number of carbonyl (C=O) groups is 2. The van der Waals surface area contributed by atoms with E-state index in [1.165, 1.54) is 0 Å². The van der Waals surface area contributed by atoms with Gasteiger partial charge in [0.2, 0.25) is 18.6 Å². The van der Waals surface area contributed by atoms with Crippen molar-refractivity contribution in [2.75, 3.05) is 56.4 Å². The zero-order chi connectivity index (χ0) is 23.1. The van der Waals surface area contributed by atoms with Gasteiger partial charge in [0.25, 0.3) is 5.91 Å². The number of carbonyl (C=O) groups excluding carboxylic acids is 2. The van der Waals surface area contributed by atoms with Crippen LogP contribution in [0.3, 0.4) is 0 Å². The molecule has 2 aromatic carbocycles. The van der Waals surface area contributed by atoms with E-state index in [1.54, 1.807) is 23.1 Å². The van der Waals surface area contributed by atoms with E-state index >= 15 is 0 Å². The molecule has 6 rings (SSSR count). The molecule has 3 aliphatic rings. The Morgan fingerprint density at radius 3 is 2.76 bits per heavy atom. The molecule has 10 heteroatoms. The van der Waals surface area contributed by atoms with E-state index in [-0.39, 0.29) is 25.0 Å². The highest BCUT2D eigenvalue weighted by Crippen LogP contribution is 2.37. The van der Waals surface area contributed by atoms with E-state index < -0.39 is 6.04 Å². The normalized spacial score (nSPS) is 19.6. The molecule has 1 fully saturated rings. The van der Waals surface area contributed by atoms with Gasteiger partial charge in [0, 0.05) is 37.9 Å². The summed E-state index contributed by atoms with van der Waals surface area (Å²) in [6, 6.07) is 12.3. The van der Waals surface area contributed by atoms with E-state index in [1.807, 2.05) is 28.8 Å². The first-order valence-corrected chi connectivity index (χ1v) is 11.5. The molecule has 1 N–H and O–H groups in total. The third kappa shape index (κ3) is 3.74. The van der Waals surface area contributed by atoms with E-state index in [9.17, 15) is 9.59 Å². The van der Waals surface area contributed by atoms with Crippen LogP contribution in [0.15, 0.2) is 42.5 Å². The SMILES string of the molecule is O=C(C[C@@H]1C(=O)N(CCN2CCOCC2)c2nc3ccccc3n21)Nc1ccc2c(c1)OCO2. The minimum absolute atomic E-state index is 0.00861. The zero-order valence-electron chi connectivity index (χ0n) is 18.6. The maximum Gasteiger partial charge on any atom is 0.253 e. The molecule has 1 saturated heterocycles. The molecule has 2 amide bonds. The van der Waals surface area contributed by atoms with Gasteiger partial charge in [-0.15, -0.1) is 0 Å². The number of fused-ring (bicyclic) bond motifs is 4. The molecule has 0 spiro atoms. The quantitative estimate of drug-likeness (QED) is 0.597. The van der Waals surface area contributed by atoms with Gasteiger partial charge < -0.3 is 19.5 Å². The van der Waals surface area contributed by atoms with Crippen molar-refractivity contribution in [2.24, 2.45) is 0 Å². The van der Waals surface area contributed by atoms with Gasteiger partial charge in [-0.25, -0.2) is 4.98 Å². The van der Waals surface area contributed by atoms with Gasteiger partial charge in [0.05, 0.1) is 30.7 Å². The Morgan fingerprint density at radius 2 is 1.88 bits per heavy atom. The van der Waals surface area contributed by atoms with E-state index in [0.717, 1.165) is 30.7 Å². The summed E-state index contributed by atoms with van der Waals surface area (Å²) in [5.41, 5.74) is 2.25. The van der Waals surface area contributed by atoms with Crippen molar-refractivity contribution in [1.29, 1.82) is 0 Å². The Hall–Kier alpha value is -3.63.